The van der Waals surface area contributed by atoms with Crippen LogP contribution in [-0.2, 0) is 0 Å². The number of halogens is 3. The van der Waals surface area contributed by atoms with Gasteiger partial charge in [-0.1, -0.05) is 25.3 Å². The van der Waals surface area contributed by atoms with E-state index in [1.807, 2.05) is 25.3 Å². The molecule has 0 spiro atoms. The van der Waals surface area contributed by atoms with Crippen LogP contribution in [0.5, 0.6) is 0 Å². The Balaban J connectivity index is 1.55. The number of guanidine groups is 1. The number of thiazole rings is 1. The van der Waals surface area contributed by atoms with Crippen LogP contribution in [0, 0.1) is 6.92 Å². The fraction of sp³-hybridized carbons (Fsp3) is 0.476. The van der Waals surface area contributed by atoms with E-state index in [-0.39, 0.29) is 18.9 Å². The summed E-state index contributed by atoms with van der Waals surface area (Å²) in [6, 6.07) is 5.87. The van der Waals surface area contributed by atoms with Gasteiger partial charge in [-0.3, -0.25) is 4.99 Å². The first-order valence-electron chi connectivity index (χ1n) is 9.92. The molecule has 154 valence electrons. The molecule has 2 heterocycles. The first-order valence-corrected chi connectivity index (χ1v) is 10.7. The number of nitrogens with zero attached hydrogens (tertiary/aromatic N) is 3. The third kappa shape index (κ3) is 4.86. The van der Waals surface area contributed by atoms with E-state index < -0.39 is 11.9 Å². The van der Waals surface area contributed by atoms with E-state index in [1.54, 1.807) is 11.3 Å². The maximum absolute atomic E-state index is 12.9. The van der Waals surface area contributed by atoms with Crippen molar-refractivity contribution in [1.82, 2.24) is 4.98 Å². The standard InChI is InChI=1S/C21H23F3N4S/c1-13-9-15(17-12-26-19(29-17)14-5-3-2-4-6-14)11-16(10-13)27-20-25-8-7-18(28-20)21(22,23)24/h9-12,14H,2-8H2,1H3,(H,25,27). The third-order valence-electron chi connectivity index (χ3n) is 5.27. The van der Waals surface area contributed by atoms with Gasteiger partial charge in [-0.05, 0) is 43.0 Å². The molecule has 0 radical (unpaired) electrons. The Labute approximate surface area is 172 Å². The van der Waals surface area contributed by atoms with E-state index in [0.717, 1.165) is 16.0 Å². The molecule has 1 aromatic carbocycles. The number of alkyl halides is 3. The average molecular weight is 421 g/mol. The van der Waals surface area contributed by atoms with Crippen molar-refractivity contribution in [2.24, 2.45) is 9.98 Å². The van der Waals surface area contributed by atoms with Crippen LogP contribution < -0.4 is 5.32 Å². The summed E-state index contributed by atoms with van der Waals surface area (Å²) in [6.45, 7) is 2.05. The SMILES string of the molecule is Cc1cc(NC2=NCCC(C(F)(F)F)=N2)cc(-c2cnc(C3CCCCC3)s2)c1. The number of nitrogens with one attached hydrogen (secondary N) is 1. The van der Waals surface area contributed by atoms with Crippen LogP contribution >= 0.6 is 11.3 Å². The third-order valence-corrected chi connectivity index (χ3v) is 6.48. The summed E-state index contributed by atoms with van der Waals surface area (Å²) in [5, 5.41) is 4.14. The molecule has 2 aliphatic rings. The summed E-state index contributed by atoms with van der Waals surface area (Å²) in [7, 11) is 0. The zero-order valence-electron chi connectivity index (χ0n) is 16.2. The Morgan fingerprint density at radius 1 is 1.10 bits per heavy atom. The number of aromatic nitrogens is 1. The second kappa shape index (κ2) is 8.26. The van der Waals surface area contributed by atoms with Crippen molar-refractivity contribution >= 4 is 28.7 Å². The minimum absolute atomic E-state index is 0.00678. The van der Waals surface area contributed by atoms with Crippen molar-refractivity contribution in [2.45, 2.75) is 57.5 Å². The van der Waals surface area contributed by atoms with Crippen LogP contribution in [0.4, 0.5) is 18.9 Å². The van der Waals surface area contributed by atoms with Gasteiger partial charge in [0.25, 0.3) is 0 Å². The second-order valence-electron chi connectivity index (χ2n) is 7.62. The number of hydrogen-bond donors (Lipinski definition) is 1. The molecule has 4 nitrogen and oxygen atoms in total. The Morgan fingerprint density at radius 2 is 1.90 bits per heavy atom. The van der Waals surface area contributed by atoms with Crippen LogP contribution in [-0.4, -0.2) is 29.4 Å². The van der Waals surface area contributed by atoms with Gasteiger partial charge in [0.2, 0.25) is 5.96 Å². The molecule has 0 unspecified atom stereocenters. The van der Waals surface area contributed by atoms with Crippen molar-refractivity contribution in [2.75, 3.05) is 11.9 Å². The largest absolute Gasteiger partial charge is 0.429 e. The van der Waals surface area contributed by atoms with Gasteiger partial charge in [-0.15, -0.1) is 11.3 Å². The zero-order valence-corrected chi connectivity index (χ0v) is 17.0. The Kier molecular flexibility index (Phi) is 5.72. The normalized spacial score (nSPS) is 18.3. The predicted molar refractivity (Wildman–Crippen MR) is 112 cm³/mol. The lowest BCUT2D eigenvalue weighted by Gasteiger charge is -2.18. The highest BCUT2D eigenvalue weighted by Crippen LogP contribution is 2.38. The first kappa shape index (κ1) is 20.1. The molecular weight excluding hydrogens is 397 g/mol. The molecule has 1 aliphatic heterocycles. The lowest BCUT2D eigenvalue weighted by Crippen LogP contribution is -2.29. The molecule has 1 aliphatic carbocycles. The van der Waals surface area contributed by atoms with E-state index >= 15 is 0 Å². The molecule has 0 saturated heterocycles. The number of benzene rings is 1. The highest BCUT2D eigenvalue weighted by molar-refractivity contribution is 7.15. The van der Waals surface area contributed by atoms with Crippen molar-refractivity contribution in [3.8, 4) is 10.4 Å². The molecule has 1 N–H and O–H groups in total. The summed E-state index contributed by atoms with van der Waals surface area (Å²) in [4.78, 5) is 13.5. The van der Waals surface area contributed by atoms with Crippen molar-refractivity contribution in [1.29, 1.82) is 0 Å². The minimum atomic E-state index is -4.42. The summed E-state index contributed by atoms with van der Waals surface area (Å²) in [5.41, 5.74) is 1.90. The molecule has 0 amide bonds. The second-order valence-corrected chi connectivity index (χ2v) is 8.68. The Bertz CT molecular complexity index is 940. The minimum Gasteiger partial charge on any atom is -0.324 e. The summed E-state index contributed by atoms with van der Waals surface area (Å²) < 4.78 is 38.8. The van der Waals surface area contributed by atoms with Gasteiger partial charge in [0.05, 0.1) is 9.88 Å². The molecule has 29 heavy (non-hydrogen) atoms. The Morgan fingerprint density at radius 3 is 2.66 bits per heavy atom. The number of aliphatic imine (C=N–C) groups is 2. The van der Waals surface area contributed by atoms with Crippen LogP contribution in [0.1, 0.15) is 55.0 Å². The molecule has 0 atom stereocenters. The quantitative estimate of drug-likeness (QED) is 0.630. The molecule has 0 bridgehead atoms. The summed E-state index contributed by atoms with van der Waals surface area (Å²) >= 11 is 1.71. The van der Waals surface area contributed by atoms with Gasteiger partial charge in [0, 0.05) is 30.8 Å². The molecule has 1 aromatic heterocycles. The van der Waals surface area contributed by atoms with Gasteiger partial charge in [0.15, 0.2) is 0 Å². The van der Waals surface area contributed by atoms with E-state index in [4.69, 9.17) is 0 Å². The fourth-order valence-corrected chi connectivity index (χ4v) is 4.92. The maximum Gasteiger partial charge on any atom is 0.429 e. The van der Waals surface area contributed by atoms with E-state index in [1.165, 1.54) is 37.1 Å². The first-order chi connectivity index (χ1) is 13.9. The van der Waals surface area contributed by atoms with E-state index in [2.05, 4.69) is 26.4 Å². The van der Waals surface area contributed by atoms with Crippen molar-refractivity contribution in [3.63, 3.8) is 0 Å². The molecule has 1 saturated carbocycles. The summed E-state index contributed by atoms with van der Waals surface area (Å²) in [6.07, 6.45) is 3.55. The number of hydrogen-bond acceptors (Lipinski definition) is 5. The molecule has 4 rings (SSSR count). The van der Waals surface area contributed by atoms with E-state index in [0.29, 0.717) is 11.6 Å². The highest BCUT2D eigenvalue weighted by atomic mass is 32.1. The van der Waals surface area contributed by atoms with Crippen LogP contribution in [0.25, 0.3) is 10.4 Å². The maximum atomic E-state index is 12.9. The van der Waals surface area contributed by atoms with Gasteiger partial charge >= 0.3 is 6.18 Å². The van der Waals surface area contributed by atoms with Gasteiger partial charge in [0.1, 0.15) is 5.71 Å². The predicted octanol–water partition coefficient (Wildman–Crippen LogP) is 6.34. The number of anilines is 1. The smallest absolute Gasteiger partial charge is 0.324 e. The van der Waals surface area contributed by atoms with Crippen molar-refractivity contribution in [3.05, 3.63) is 35.0 Å². The lowest BCUT2D eigenvalue weighted by molar-refractivity contribution is -0.0603. The number of rotatable bonds is 3. The van der Waals surface area contributed by atoms with Gasteiger partial charge < -0.3 is 5.32 Å². The fourth-order valence-electron chi connectivity index (χ4n) is 3.85. The van der Waals surface area contributed by atoms with Crippen LogP contribution in [0.2, 0.25) is 0 Å². The molecular formula is C21H23F3N4S. The molecule has 1 fully saturated rings. The Hall–Kier alpha value is -2.22. The monoisotopic (exact) mass is 420 g/mol. The van der Waals surface area contributed by atoms with Crippen LogP contribution in [0.3, 0.4) is 0 Å². The van der Waals surface area contributed by atoms with Crippen LogP contribution in [0.15, 0.2) is 34.4 Å². The number of aryl methyl sites for hydroxylation is 1. The summed E-state index contributed by atoms with van der Waals surface area (Å²) in [5.74, 6) is 0.559. The van der Waals surface area contributed by atoms with Gasteiger partial charge in [-0.25, -0.2) is 9.98 Å². The average Bonchev–Trinajstić information content (AvgIpc) is 3.18. The van der Waals surface area contributed by atoms with Crippen molar-refractivity contribution < 1.29 is 13.2 Å². The van der Waals surface area contributed by atoms with Gasteiger partial charge in [-0.2, -0.15) is 13.2 Å². The highest BCUT2D eigenvalue weighted by Gasteiger charge is 2.36. The lowest BCUT2D eigenvalue weighted by atomic mass is 9.90. The topological polar surface area (TPSA) is 49.6 Å². The molecule has 2 aromatic rings. The zero-order chi connectivity index (χ0) is 20.4. The molecule has 8 heteroatoms. The van der Waals surface area contributed by atoms with E-state index in [9.17, 15) is 13.2 Å².